The Labute approximate surface area is 96.0 Å². The Morgan fingerprint density at radius 2 is 1.69 bits per heavy atom. The molecule has 2 nitrogen and oxygen atoms in total. The molecule has 0 bridgehead atoms. The number of hydrogen-bond donors (Lipinski definition) is 1. The highest BCUT2D eigenvalue weighted by atomic mass is 16.5. The number of methoxy groups -OCH3 is 1. The van der Waals surface area contributed by atoms with Gasteiger partial charge in [-0.1, -0.05) is 18.2 Å². The normalized spacial score (nSPS) is 11.8. The second-order valence-corrected chi connectivity index (χ2v) is 4.65. The van der Waals surface area contributed by atoms with Crippen molar-refractivity contribution in [2.75, 3.05) is 7.11 Å². The smallest absolute Gasteiger partial charge is 0.119 e. The van der Waals surface area contributed by atoms with Crippen LogP contribution in [0.1, 0.15) is 19.4 Å². The maximum absolute atomic E-state index is 6.09. The fourth-order valence-electron chi connectivity index (χ4n) is 1.75. The summed E-state index contributed by atoms with van der Waals surface area (Å²) in [5, 5.41) is 2.36. The largest absolute Gasteiger partial charge is 0.497 e. The Bertz CT molecular complexity index is 512. The van der Waals surface area contributed by atoms with E-state index in [0.29, 0.717) is 0 Å². The van der Waals surface area contributed by atoms with Crippen molar-refractivity contribution in [2.24, 2.45) is 5.73 Å². The first-order valence-electron chi connectivity index (χ1n) is 5.38. The molecule has 2 rings (SSSR count). The third-order valence-electron chi connectivity index (χ3n) is 2.79. The van der Waals surface area contributed by atoms with E-state index in [-0.39, 0.29) is 5.54 Å². The van der Waals surface area contributed by atoms with E-state index in [1.165, 1.54) is 5.39 Å². The molecule has 84 valence electrons. The van der Waals surface area contributed by atoms with Gasteiger partial charge in [0.15, 0.2) is 0 Å². The van der Waals surface area contributed by atoms with Gasteiger partial charge in [0, 0.05) is 5.54 Å². The molecule has 0 aliphatic heterocycles. The average molecular weight is 215 g/mol. The Morgan fingerprint density at radius 3 is 2.31 bits per heavy atom. The SMILES string of the molecule is COc1ccc2ccc(C(C)(C)N)cc2c1. The minimum Gasteiger partial charge on any atom is -0.497 e. The van der Waals surface area contributed by atoms with Gasteiger partial charge in [-0.25, -0.2) is 0 Å². The lowest BCUT2D eigenvalue weighted by atomic mass is 9.93. The lowest BCUT2D eigenvalue weighted by Crippen LogP contribution is -2.28. The van der Waals surface area contributed by atoms with Crippen LogP contribution >= 0.6 is 0 Å². The lowest BCUT2D eigenvalue weighted by molar-refractivity contribution is 0.415. The topological polar surface area (TPSA) is 35.2 Å². The van der Waals surface area contributed by atoms with Crippen molar-refractivity contribution in [1.29, 1.82) is 0 Å². The maximum Gasteiger partial charge on any atom is 0.119 e. The zero-order valence-electron chi connectivity index (χ0n) is 9.95. The van der Waals surface area contributed by atoms with Crippen LogP contribution in [-0.2, 0) is 5.54 Å². The molecule has 0 unspecified atom stereocenters. The third kappa shape index (κ3) is 2.02. The molecule has 2 heteroatoms. The number of nitrogens with two attached hydrogens (primary N) is 1. The van der Waals surface area contributed by atoms with Crippen LogP contribution in [0.25, 0.3) is 10.8 Å². The molecule has 0 spiro atoms. The summed E-state index contributed by atoms with van der Waals surface area (Å²) in [6.07, 6.45) is 0. The van der Waals surface area contributed by atoms with E-state index in [1.807, 2.05) is 26.0 Å². The van der Waals surface area contributed by atoms with Gasteiger partial charge in [0.2, 0.25) is 0 Å². The summed E-state index contributed by atoms with van der Waals surface area (Å²) in [6.45, 7) is 4.02. The lowest BCUT2D eigenvalue weighted by Gasteiger charge is -2.19. The fourth-order valence-corrected chi connectivity index (χ4v) is 1.75. The van der Waals surface area contributed by atoms with E-state index in [9.17, 15) is 0 Å². The Hall–Kier alpha value is -1.54. The van der Waals surface area contributed by atoms with Crippen molar-refractivity contribution >= 4 is 10.8 Å². The molecular weight excluding hydrogens is 198 g/mol. The van der Waals surface area contributed by atoms with Crippen molar-refractivity contribution in [2.45, 2.75) is 19.4 Å². The molecule has 2 aromatic carbocycles. The zero-order valence-corrected chi connectivity index (χ0v) is 9.95. The van der Waals surface area contributed by atoms with E-state index in [4.69, 9.17) is 10.5 Å². The monoisotopic (exact) mass is 215 g/mol. The second-order valence-electron chi connectivity index (χ2n) is 4.65. The minimum atomic E-state index is -0.308. The first-order chi connectivity index (χ1) is 7.50. The molecule has 16 heavy (non-hydrogen) atoms. The fraction of sp³-hybridized carbons (Fsp3) is 0.286. The number of benzene rings is 2. The molecule has 0 aliphatic carbocycles. The molecule has 0 aliphatic rings. The second kappa shape index (κ2) is 3.80. The summed E-state index contributed by atoms with van der Waals surface area (Å²) < 4.78 is 5.22. The molecule has 0 saturated heterocycles. The van der Waals surface area contributed by atoms with Gasteiger partial charge in [-0.2, -0.15) is 0 Å². The minimum absolute atomic E-state index is 0.308. The predicted octanol–water partition coefficient (Wildman–Crippen LogP) is 3.04. The molecule has 2 aromatic rings. The molecule has 0 amide bonds. The number of ether oxygens (including phenoxy) is 1. The van der Waals surface area contributed by atoms with E-state index >= 15 is 0 Å². The van der Waals surface area contributed by atoms with Gasteiger partial charge >= 0.3 is 0 Å². The van der Waals surface area contributed by atoms with Crippen LogP contribution in [0.5, 0.6) is 5.75 Å². The van der Waals surface area contributed by atoms with Crippen LogP contribution in [0.2, 0.25) is 0 Å². The highest BCUT2D eigenvalue weighted by Crippen LogP contribution is 2.25. The van der Waals surface area contributed by atoms with Crippen molar-refractivity contribution in [1.82, 2.24) is 0 Å². The standard InChI is InChI=1S/C14H17NO/c1-14(2,15)12-6-4-10-5-7-13(16-3)9-11(10)8-12/h4-9H,15H2,1-3H3. The molecule has 0 heterocycles. The van der Waals surface area contributed by atoms with Crippen LogP contribution in [0, 0.1) is 0 Å². The summed E-state index contributed by atoms with van der Waals surface area (Å²) >= 11 is 0. The van der Waals surface area contributed by atoms with Gasteiger partial charge in [-0.15, -0.1) is 0 Å². The van der Waals surface area contributed by atoms with E-state index in [2.05, 4.69) is 24.3 Å². The van der Waals surface area contributed by atoms with Gasteiger partial charge in [0.25, 0.3) is 0 Å². The Kier molecular flexibility index (Phi) is 2.60. The van der Waals surface area contributed by atoms with Crippen LogP contribution in [-0.4, -0.2) is 7.11 Å². The van der Waals surface area contributed by atoms with Crippen molar-refractivity contribution in [3.8, 4) is 5.75 Å². The summed E-state index contributed by atoms with van der Waals surface area (Å²) in [5.41, 5.74) is 6.91. The van der Waals surface area contributed by atoms with Crippen molar-refractivity contribution in [3.63, 3.8) is 0 Å². The number of fused-ring (bicyclic) bond motifs is 1. The maximum atomic E-state index is 6.09. The van der Waals surface area contributed by atoms with Gasteiger partial charge in [0.1, 0.15) is 5.75 Å². The molecule has 2 N–H and O–H groups in total. The van der Waals surface area contributed by atoms with E-state index in [0.717, 1.165) is 16.7 Å². The molecular formula is C14H17NO. The molecule has 0 aromatic heterocycles. The van der Waals surface area contributed by atoms with Gasteiger partial charge in [-0.05, 0) is 48.4 Å². The highest BCUT2D eigenvalue weighted by molar-refractivity contribution is 5.84. The average Bonchev–Trinajstić information content (AvgIpc) is 2.26. The Balaban J connectivity index is 2.59. The molecule has 0 radical (unpaired) electrons. The number of hydrogen-bond acceptors (Lipinski definition) is 2. The first kappa shape index (κ1) is 11.0. The summed E-state index contributed by atoms with van der Waals surface area (Å²) in [6, 6.07) is 12.4. The predicted molar refractivity (Wildman–Crippen MR) is 67.7 cm³/mol. The summed E-state index contributed by atoms with van der Waals surface area (Å²) in [4.78, 5) is 0. The van der Waals surface area contributed by atoms with E-state index < -0.39 is 0 Å². The quantitative estimate of drug-likeness (QED) is 0.835. The molecule has 0 fully saturated rings. The third-order valence-corrected chi connectivity index (χ3v) is 2.79. The van der Waals surface area contributed by atoms with Crippen LogP contribution in [0.15, 0.2) is 36.4 Å². The van der Waals surface area contributed by atoms with Gasteiger partial charge < -0.3 is 10.5 Å². The highest BCUT2D eigenvalue weighted by Gasteiger charge is 2.13. The molecule has 0 atom stereocenters. The Morgan fingerprint density at radius 1 is 1.00 bits per heavy atom. The van der Waals surface area contributed by atoms with Crippen LogP contribution in [0.4, 0.5) is 0 Å². The number of rotatable bonds is 2. The summed E-state index contributed by atoms with van der Waals surface area (Å²) in [5.74, 6) is 0.875. The zero-order chi connectivity index (χ0) is 11.8. The van der Waals surface area contributed by atoms with Crippen LogP contribution in [0.3, 0.4) is 0 Å². The van der Waals surface area contributed by atoms with Crippen molar-refractivity contribution in [3.05, 3.63) is 42.0 Å². The van der Waals surface area contributed by atoms with E-state index in [1.54, 1.807) is 7.11 Å². The van der Waals surface area contributed by atoms with Crippen LogP contribution < -0.4 is 10.5 Å². The first-order valence-corrected chi connectivity index (χ1v) is 5.38. The molecule has 0 saturated carbocycles. The summed E-state index contributed by atoms with van der Waals surface area (Å²) in [7, 11) is 1.68. The van der Waals surface area contributed by atoms with Crippen molar-refractivity contribution < 1.29 is 4.74 Å². The van der Waals surface area contributed by atoms with Gasteiger partial charge in [0.05, 0.1) is 7.11 Å². The van der Waals surface area contributed by atoms with Gasteiger partial charge in [-0.3, -0.25) is 0 Å².